The molecular weight excluding hydrogens is 825 g/mol. The molecule has 0 radical (unpaired) electrons. The first-order chi connectivity index (χ1) is 32.6. The van der Waals surface area contributed by atoms with Gasteiger partial charge in [0.1, 0.15) is 11.5 Å². The van der Waals surface area contributed by atoms with Crippen LogP contribution in [-0.4, -0.2) is 23.3 Å². The molecule has 8 rings (SSSR count). The van der Waals surface area contributed by atoms with Gasteiger partial charge in [-0.25, -0.2) is 0 Å². The Morgan fingerprint density at radius 3 is 1.79 bits per heavy atom. The van der Waals surface area contributed by atoms with E-state index in [0.29, 0.717) is 28.7 Å². The number of benzene rings is 5. The second kappa shape index (κ2) is 22.2. The Bertz CT molecular complexity index is 2480. The Hall–Kier alpha value is -5.36. The minimum absolute atomic E-state index is 0.00728. The molecule has 0 saturated heterocycles. The fourth-order valence-corrected chi connectivity index (χ4v) is 11.6. The van der Waals surface area contributed by atoms with Gasteiger partial charge in [-0.05, 0) is 159 Å². The predicted molar refractivity (Wildman–Crippen MR) is 278 cm³/mol. The molecular formula is C61H76N2O4. The van der Waals surface area contributed by atoms with E-state index >= 15 is 4.79 Å². The Morgan fingerprint density at radius 1 is 0.597 bits per heavy atom. The zero-order valence-electron chi connectivity index (χ0n) is 41.2. The first kappa shape index (κ1) is 48.1. The van der Waals surface area contributed by atoms with Crippen molar-refractivity contribution < 1.29 is 19.4 Å². The number of carbonyl (C=O) groups is 2. The van der Waals surface area contributed by atoms with Gasteiger partial charge in [0, 0.05) is 22.4 Å². The number of ketones is 2. The number of nitrogens with two attached hydrogens (primary N) is 1. The number of hydrogen-bond acceptors (Lipinski definition) is 6. The van der Waals surface area contributed by atoms with Gasteiger partial charge in [-0.2, -0.15) is 0 Å². The normalized spacial score (nSPS) is 19.2. The Balaban J connectivity index is 1.07. The molecule has 0 bridgehead atoms. The molecule has 0 spiro atoms. The molecule has 5 aromatic carbocycles. The molecule has 4 N–H and O–H groups in total. The minimum Gasteiger partial charge on any atom is -0.506 e. The van der Waals surface area contributed by atoms with Crippen molar-refractivity contribution in [3.8, 4) is 33.8 Å². The number of carbonyl (C=O) groups excluding carboxylic acids is 2. The number of aryl methyl sites for hydroxylation is 3. The van der Waals surface area contributed by atoms with Crippen molar-refractivity contribution in [2.75, 3.05) is 17.7 Å². The van der Waals surface area contributed by atoms with Crippen LogP contribution in [0.2, 0.25) is 0 Å². The number of unbranched alkanes of at least 4 members (excludes halogenated alkanes) is 5. The molecule has 0 unspecified atom stereocenters. The van der Waals surface area contributed by atoms with Crippen LogP contribution in [-0.2, 0) is 6.42 Å². The van der Waals surface area contributed by atoms with Crippen molar-refractivity contribution in [2.24, 2.45) is 17.8 Å². The number of anilines is 3. The molecule has 0 amide bonds. The Kier molecular flexibility index (Phi) is 15.9. The Morgan fingerprint density at radius 2 is 1.18 bits per heavy atom. The number of aromatic hydroxyl groups is 1. The molecule has 6 heteroatoms. The lowest BCUT2D eigenvalue weighted by atomic mass is 9.76. The van der Waals surface area contributed by atoms with Crippen LogP contribution >= 0.6 is 0 Å². The maximum atomic E-state index is 15.1. The van der Waals surface area contributed by atoms with E-state index in [2.05, 4.69) is 88.5 Å². The molecule has 2 fully saturated rings. The summed E-state index contributed by atoms with van der Waals surface area (Å²) in [5.74, 6) is 2.71. The highest BCUT2D eigenvalue weighted by atomic mass is 16.5. The van der Waals surface area contributed by atoms with Gasteiger partial charge >= 0.3 is 0 Å². The third-order valence-electron chi connectivity index (χ3n) is 15.7. The Labute approximate surface area is 401 Å². The summed E-state index contributed by atoms with van der Waals surface area (Å²) >= 11 is 0. The van der Waals surface area contributed by atoms with Gasteiger partial charge in [-0.1, -0.05) is 134 Å². The third kappa shape index (κ3) is 10.8. The minimum atomic E-state index is -0.418. The average Bonchev–Trinajstić information content (AvgIpc) is 3.34. The number of nitrogen functional groups attached to an aromatic ring is 1. The van der Waals surface area contributed by atoms with E-state index in [9.17, 15) is 9.90 Å². The number of rotatable bonds is 19. The zero-order valence-corrected chi connectivity index (χ0v) is 41.2. The summed E-state index contributed by atoms with van der Waals surface area (Å²) in [6.07, 6.45) is 23.8. The van der Waals surface area contributed by atoms with Crippen LogP contribution in [0.25, 0.3) is 22.3 Å². The summed E-state index contributed by atoms with van der Waals surface area (Å²) in [7, 11) is 0. The molecule has 0 aromatic heterocycles. The van der Waals surface area contributed by atoms with Crippen molar-refractivity contribution in [1.29, 1.82) is 0 Å². The number of nitrogens with one attached hydrogen (secondary N) is 1. The molecule has 2 saturated carbocycles. The average molecular weight is 901 g/mol. The predicted octanol–water partition coefficient (Wildman–Crippen LogP) is 16.4. The van der Waals surface area contributed by atoms with Crippen LogP contribution in [0.5, 0.6) is 11.5 Å². The summed E-state index contributed by atoms with van der Waals surface area (Å²) in [6.45, 7) is 11.6. The van der Waals surface area contributed by atoms with Crippen LogP contribution in [0.15, 0.2) is 78.9 Å². The number of ether oxygens (including phenoxy) is 1. The quantitative estimate of drug-likeness (QED) is 0.0425. The van der Waals surface area contributed by atoms with Crippen molar-refractivity contribution in [1.82, 2.24) is 0 Å². The smallest absolute Gasteiger partial charge is 0.198 e. The van der Waals surface area contributed by atoms with Gasteiger partial charge in [0.05, 0.1) is 34.7 Å². The lowest BCUT2D eigenvalue weighted by Crippen LogP contribution is -2.24. The number of phenols is 1. The standard InChI is InChI=1S/C61H76N2O4/c1-6-9-12-15-42-17-19-44(20-18-42)38-67-61-39(4)35-48(36-40(61)5)50-33-34-51-54(57(50)62)60(66)55-53(63-49-31-23-41(24-32-49)14-11-8-3)37-52(59(65)56(55)58(51)64)47-29-27-46(28-30-47)45-25-21-43(22-26-45)16-13-10-7-2/h23-24,27-37,42-45,63,65H,6-22,25-26,38,62H2,1-5H3. The summed E-state index contributed by atoms with van der Waals surface area (Å²) in [5, 5.41) is 15.7. The van der Waals surface area contributed by atoms with Crippen molar-refractivity contribution in [3.05, 3.63) is 123 Å². The van der Waals surface area contributed by atoms with E-state index in [1.807, 2.05) is 24.3 Å². The van der Waals surface area contributed by atoms with Crippen molar-refractivity contribution in [2.45, 2.75) is 163 Å². The molecule has 354 valence electrons. The van der Waals surface area contributed by atoms with Gasteiger partial charge in [-0.15, -0.1) is 0 Å². The monoisotopic (exact) mass is 901 g/mol. The molecule has 3 aliphatic carbocycles. The van der Waals surface area contributed by atoms with Gasteiger partial charge in [-0.3, -0.25) is 9.59 Å². The fourth-order valence-electron chi connectivity index (χ4n) is 11.6. The number of phenolic OH excluding ortho intramolecular Hbond substituents is 1. The van der Waals surface area contributed by atoms with E-state index in [-0.39, 0.29) is 39.5 Å². The second-order valence-corrected chi connectivity index (χ2v) is 20.6. The van der Waals surface area contributed by atoms with E-state index in [1.54, 1.807) is 6.07 Å². The van der Waals surface area contributed by atoms with Crippen molar-refractivity contribution >= 4 is 28.6 Å². The summed E-state index contributed by atoms with van der Waals surface area (Å²) < 4.78 is 6.55. The summed E-state index contributed by atoms with van der Waals surface area (Å²) in [4.78, 5) is 29.9. The molecule has 6 nitrogen and oxygen atoms in total. The molecule has 5 aromatic rings. The highest BCUT2D eigenvalue weighted by Crippen LogP contribution is 2.48. The third-order valence-corrected chi connectivity index (χ3v) is 15.7. The summed E-state index contributed by atoms with van der Waals surface area (Å²) in [6, 6.07) is 26.3. The molecule has 3 aliphatic rings. The van der Waals surface area contributed by atoms with Crippen LogP contribution in [0.4, 0.5) is 17.1 Å². The molecule has 0 atom stereocenters. The lowest BCUT2D eigenvalue weighted by molar-refractivity contribution is 0.0978. The number of fused-ring (bicyclic) bond motifs is 2. The highest BCUT2D eigenvalue weighted by Gasteiger charge is 2.38. The van der Waals surface area contributed by atoms with Crippen LogP contribution in [0, 0.1) is 31.6 Å². The largest absolute Gasteiger partial charge is 0.506 e. The maximum absolute atomic E-state index is 15.1. The van der Waals surface area contributed by atoms with Crippen LogP contribution in [0.3, 0.4) is 0 Å². The number of hydrogen-bond donors (Lipinski definition) is 3. The first-order valence-electron chi connectivity index (χ1n) is 26.2. The lowest BCUT2D eigenvalue weighted by Gasteiger charge is -2.29. The molecule has 0 aliphatic heterocycles. The van der Waals surface area contributed by atoms with Gasteiger partial charge in [0.2, 0.25) is 0 Å². The van der Waals surface area contributed by atoms with Crippen molar-refractivity contribution in [3.63, 3.8) is 0 Å². The summed E-state index contributed by atoms with van der Waals surface area (Å²) in [5.41, 5.74) is 16.5. The van der Waals surface area contributed by atoms with Crippen LogP contribution in [0.1, 0.15) is 196 Å². The fraction of sp³-hybridized carbons (Fsp3) is 0.475. The van der Waals surface area contributed by atoms with E-state index < -0.39 is 5.78 Å². The van der Waals surface area contributed by atoms with Gasteiger partial charge in [0.15, 0.2) is 11.6 Å². The first-order valence-corrected chi connectivity index (χ1v) is 26.2. The van der Waals surface area contributed by atoms with E-state index in [1.165, 1.54) is 114 Å². The molecule has 0 heterocycles. The van der Waals surface area contributed by atoms with Gasteiger partial charge < -0.3 is 20.9 Å². The van der Waals surface area contributed by atoms with Gasteiger partial charge in [0.25, 0.3) is 0 Å². The SMILES string of the molecule is CCCCCC1CCC(COc2c(C)cc(-c3ccc4c(c3N)C(=O)c3c(Nc5ccc(CCCC)cc5)cc(-c5ccc(C6CCC(CCCCC)CC6)cc5)c(O)c3C4=O)cc2C)CC1. The molecule has 67 heavy (non-hydrogen) atoms. The highest BCUT2D eigenvalue weighted by molar-refractivity contribution is 6.34. The zero-order chi connectivity index (χ0) is 47.0. The topological polar surface area (TPSA) is 102 Å². The maximum Gasteiger partial charge on any atom is 0.198 e. The van der Waals surface area contributed by atoms with Crippen LogP contribution < -0.4 is 15.8 Å². The second-order valence-electron chi connectivity index (χ2n) is 20.6. The van der Waals surface area contributed by atoms with E-state index in [4.69, 9.17) is 10.5 Å². The van der Waals surface area contributed by atoms with E-state index in [0.717, 1.165) is 71.4 Å².